The Hall–Kier alpha value is -2.35. The lowest BCUT2D eigenvalue weighted by Crippen LogP contribution is -2.17. The van der Waals surface area contributed by atoms with E-state index in [4.69, 9.17) is 5.73 Å². The average Bonchev–Trinajstić information content (AvgIpc) is 2.54. The van der Waals surface area contributed by atoms with Crippen LogP contribution in [0.2, 0.25) is 0 Å². The molecule has 0 spiro atoms. The number of benzene rings is 1. The zero-order chi connectivity index (χ0) is 18.4. The molecule has 0 saturated heterocycles. The summed E-state index contributed by atoms with van der Waals surface area (Å²) in [4.78, 5) is 26.5. The fraction of sp³-hybridized carbons (Fsp3) is 0.412. The van der Waals surface area contributed by atoms with Gasteiger partial charge in [0.2, 0.25) is 17.8 Å². The van der Waals surface area contributed by atoms with E-state index >= 15 is 0 Å². The topological polar surface area (TPSA) is 97.0 Å². The van der Waals surface area contributed by atoms with Crippen LogP contribution in [0.1, 0.15) is 31.2 Å². The van der Waals surface area contributed by atoms with Gasteiger partial charge < -0.3 is 16.0 Å². The molecule has 0 fully saturated rings. The molecule has 1 aromatic heterocycles. The van der Waals surface area contributed by atoms with E-state index in [9.17, 15) is 4.79 Å². The minimum atomic E-state index is -0.0482. The van der Waals surface area contributed by atoms with Gasteiger partial charge in [-0.3, -0.25) is 4.79 Å². The number of carbonyl (C=O) groups is 1. The van der Waals surface area contributed by atoms with Crippen molar-refractivity contribution in [2.75, 3.05) is 35.8 Å². The molecule has 7 nitrogen and oxygen atoms in total. The van der Waals surface area contributed by atoms with Crippen molar-refractivity contribution in [1.82, 2.24) is 15.0 Å². The molecule has 0 radical (unpaired) electrons. The first-order valence-electron chi connectivity index (χ1n) is 8.01. The number of thioether (sulfide) groups is 1. The van der Waals surface area contributed by atoms with Gasteiger partial charge in [0, 0.05) is 19.8 Å². The molecule has 8 heteroatoms. The second-order valence-electron chi connectivity index (χ2n) is 6.09. The van der Waals surface area contributed by atoms with Crippen molar-refractivity contribution >= 4 is 35.3 Å². The molecule has 3 N–H and O–H groups in total. The summed E-state index contributed by atoms with van der Waals surface area (Å²) in [5.41, 5.74) is 7.69. The summed E-state index contributed by atoms with van der Waals surface area (Å²) in [6.07, 6.45) is 0. The van der Waals surface area contributed by atoms with E-state index in [1.807, 2.05) is 38.4 Å². The number of hydrogen-bond donors (Lipinski definition) is 2. The number of anilines is 3. The van der Waals surface area contributed by atoms with Gasteiger partial charge in [-0.15, -0.1) is 11.8 Å². The molecule has 0 atom stereocenters. The highest BCUT2D eigenvalue weighted by Gasteiger charge is 2.11. The van der Waals surface area contributed by atoms with Crippen LogP contribution in [-0.2, 0) is 10.5 Å². The predicted molar refractivity (Wildman–Crippen MR) is 104 cm³/mol. The number of nitrogens with two attached hydrogens (primary N) is 1. The second kappa shape index (κ2) is 8.66. The molecule has 0 aliphatic rings. The molecule has 1 amide bonds. The monoisotopic (exact) mass is 360 g/mol. The van der Waals surface area contributed by atoms with Crippen LogP contribution in [0.4, 0.5) is 17.6 Å². The molecule has 2 rings (SSSR count). The van der Waals surface area contributed by atoms with E-state index in [0.29, 0.717) is 29.2 Å². The number of hydrogen-bond acceptors (Lipinski definition) is 7. The number of aromatic nitrogens is 3. The number of nitrogens with zero attached hydrogens (tertiary/aromatic N) is 4. The molecule has 0 aliphatic carbocycles. The fourth-order valence-corrected chi connectivity index (χ4v) is 2.90. The van der Waals surface area contributed by atoms with E-state index in [1.54, 1.807) is 4.90 Å². The number of amides is 1. The Bertz CT molecular complexity index is 735. The van der Waals surface area contributed by atoms with Crippen LogP contribution in [0.5, 0.6) is 0 Å². The van der Waals surface area contributed by atoms with Crippen molar-refractivity contribution in [3.63, 3.8) is 0 Å². The second-order valence-corrected chi connectivity index (χ2v) is 7.07. The zero-order valence-corrected chi connectivity index (χ0v) is 15.8. The lowest BCUT2D eigenvalue weighted by atomic mass is 10.0. The quantitative estimate of drug-likeness (QED) is 0.783. The van der Waals surface area contributed by atoms with Crippen molar-refractivity contribution in [2.24, 2.45) is 0 Å². The van der Waals surface area contributed by atoms with Gasteiger partial charge in [0.25, 0.3) is 0 Å². The molecule has 0 bridgehead atoms. The minimum absolute atomic E-state index is 0.0482. The molecule has 0 saturated carbocycles. The van der Waals surface area contributed by atoms with Crippen LogP contribution in [-0.4, -0.2) is 40.7 Å². The van der Waals surface area contributed by atoms with Gasteiger partial charge in [-0.25, -0.2) is 0 Å². The minimum Gasteiger partial charge on any atom is -0.368 e. The van der Waals surface area contributed by atoms with Crippen LogP contribution >= 0.6 is 11.8 Å². The van der Waals surface area contributed by atoms with E-state index < -0.39 is 0 Å². The molecular weight excluding hydrogens is 336 g/mol. The highest BCUT2D eigenvalue weighted by atomic mass is 32.2. The van der Waals surface area contributed by atoms with Crippen LogP contribution in [0.3, 0.4) is 0 Å². The SMILES string of the molecule is CC(C)c1ccccc1NC(=O)CSCc1nc(N)nc(N(C)C)n1. The Labute approximate surface area is 152 Å². The third kappa shape index (κ3) is 5.60. The third-order valence-electron chi connectivity index (χ3n) is 3.41. The smallest absolute Gasteiger partial charge is 0.234 e. The Morgan fingerprint density at radius 1 is 1.24 bits per heavy atom. The van der Waals surface area contributed by atoms with Crippen LogP contribution < -0.4 is 16.0 Å². The molecule has 0 unspecified atom stereocenters. The Morgan fingerprint density at radius 3 is 2.64 bits per heavy atom. The predicted octanol–water partition coefficient (Wildman–Crippen LogP) is 2.52. The first-order chi connectivity index (χ1) is 11.9. The van der Waals surface area contributed by atoms with Crippen molar-refractivity contribution < 1.29 is 4.79 Å². The summed E-state index contributed by atoms with van der Waals surface area (Å²) in [6.45, 7) is 4.21. The van der Waals surface area contributed by atoms with Gasteiger partial charge in [-0.05, 0) is 17.5 Å². The molecule has 134 valence electrons. The van der Waals surface area contributed by atoms with E-state index in [-0.39, 0.29) is 11.9 Å². The zero-order valence-electron chi connectivity index (χ0n) is 15.0. The van der Waals surface area contributed by atoms with Crippen LogP contribution in [0.15, 0.2) is 24.3 Å². The molecule has 0 aliphatic heterocycles. The fourth-order valence-electron chi connectivity index (χ4n) is 2.23. The Morgan fingerprint density at radius 2 is 1.96 bits per heavy atom. The van der Waals surface area contributed by atoms with Gasteiger partial charge in [-0.1, -0.05) is 32.0 Å². The van der Waals surface area contributed by atoms with Gasteiger partial charge in [0.05, 0.1) is 11.5 Å². The summed E-state index contributed by atoms with van der Waals surface area (Å²) < 4.78 is 0. The summed E-state index contributed by atoms with van der Waals surface area (Å²) in [5.74, 6) is 2.37. The van der Waals surface area contributed by atoms with Crippen LogP contribution in [0.25, 0.3) is 0 Å². The number of nitrogen functional groups attached to an aromatic ring is 1. The van der Waals surface area contributed by atoms with E-state index in [0.717, 1.165) is 11.3 Å². The number of para-hydroxylation sites is 1. The average molecular weight is 360 g/mol. The van der Waals surface area contributed by atoms with Gasteiger partial charge in [-0.2, -0.15) is 15.0 Å². The first kappa shape index (κ1) is 19.0. The van der Waals surface area contributed by atoms with E-state index in [1.165, 1.54) is 11.8 Å². The molecular formula is C17H24N6OS. The lowest BCUT2D eigenvalue weighted by Gasteiger charge is -2.13. The molecule has 2 aromatic rings. The lowest BCUT2D eigenvalue weighted by molar-refractivity contribution is -0.113. The number of rotatable bonds is 7. The maximum Gasteiger partial charge on any atom is 0.234 e. The van der Waals surface area contributed by atoms with Crippen molar-refractivity contribution in [3.8, 4) is 0 Å². The van der Waals surface area contributed by atoms with Gasteiger partial charge >= 0.3 is 0 Å². The van der Waals surface area contributed by atoms with Crippen LogP contribution in [0, 0.1) is 0 Å². The maximum absolute atomic E-state index is 12.2. The highest BCUT2D eigenvalue weighted by molar-refractivity contribution is 7.99. The third-order valence-corrected chi connectivity index (χ3v) is 4.34. The largest absolute Gasteiger partial charge is 0.368 e. The van der Waals surface area contributed by atoms with Crippen molar-refractivity contribution in [2.45, 2.75) is 25.5 Å². The van der Waals surface area contributed by atoms with Crippen molar-refractivity contribution in [3.05, 3.63) is 35.7 Å². The summed E-state index contributed by atoms with van der Waals surface area (Å²) in [6, 6.07) is 7.86. The Kier molecular flexibility index (Phi) is 6.58. The summed E-state index contributed by atoms with van der Waals surface area (Å²) in [7, 11) is 3.68. The van der Waals surface area contributed by atoms with Crippen molar-refractivity contribution in [1.29, 1.82) is 0 Å². The maximum atomic E-state index is 12.2. The summed E-state index contributed by atoms with van der Waals surface area (Å²) in [5, 5.41) is 2.97. The van der Waals surface area contributed by atoms with Gasteiger partial charge in [0.15, 0.2) is 0 Å². The standard InChI is InChI=1S/C17H24N6OS/c1-11(2)12-7-5-6-8-13(12)19-15(24)10-25-9-14-20-16(18)22-17(21-14)23(3)4/h5-8,11H,9-10H2,1-4H3,(H,19,24)(H2,18,20,21,22). The number of nitrogens with one attached hydrogen (secondary N) is 1. The number of carbonyl (C=O) groups excluding carboxylic acids is 1. The molecule has 1 aromatic carbocycles. The first-order valence-corrected chi connectivity index (χ1v) is 9.16. The summed E-state index contributed by atoms with van der Waals surface area (Å²) >= 11 is 1.44. The molecule has 1 heterocycles. The Balaban J connectivity index is 1.91. The van der Waals surface area contributed by atoms with E-state index in [2.05, 4.69) is 34.1 Å². The molecule has 25 heavy (non-hydrogen) atoms. The van der Waals surface area contributed by atoms with Gasteiger partial charge in [0.1, 0.15) is 5.82 Å². The highest BCUT2D eigenvalue weighted by Crippen LogP contribution is 2.24. The normalized spacial score (nSPS) is 10.8.